The molecular weight excluding hydrogens is 380 g/mol. The van der Waals surface area contributed by atoms with E-state index in [0.717, 1.165) is 31.2 Å². The molecule has 1 heterocycles. The summed E-state index contributed by atoms with van der Waals surface area (Å²) in [6, 6.07) is 14.9. The molecule has 2 atom stereocenters. The molecule has 1 fully saturated rings. The largest absolute Gasteiger partial charge is 0.449 e. The number of carbonyl (C=O) groups excluding carboxylic acids is 3. The molecule has 30 heavy (non-hydrogen) atoms. The van der Waals surface area contributed by atoms with Crippen molar-refractivity contribution in [3.05, 3.63) is 65.2 Å². The first kappa shape index (κ1) is 20.1. The van der Waals surface area contributed by atoms with Gasteiger partial charge in [-0.25, -0.2) is 4.79 Å². The van der Waals surface area contributed by atoms with Gasteiger partial charge in [0.25, 0.3) is 5.91 Å². The SMILES string of the molecule is C[C@@H](OC(=O)c1cccc(N2CCCC2=O)c1)C(=O)N[C@H]1CCCc2ccccc21. The highest BCUT2D eigenvalue weighted by Gasteiger charge is 2.26. The summed E-state index contributed by atoms with van der Waals surface area (Å²) in [4.78, 5) is 38.9. The number of hydrogen-bond donors (Lipinski definition) is 1. The highest BCUT2D eigenvalue weighted by atomic mass is 16.5. The molecule has 4 rings (SSSR count). The Morgan fingerprint density at radius 3 is 2.73 bits per heavy atom. The minimum absolute atomic E-state index is 0.0565. The van der Waals surface area contributed by atoms with Crippen molar-refractivity contribution in [2.24, 2.45) is 0 Å². The molecule has 2 aromatic carbocycles. The lowest BCUT2D eigenvalue weighted by atomic mass is 9.87. The summed E-state index contributed by atoms with van der Waals surface area (Å²) in [5.74, 6) is -0.827. The standard InChI is InChI=1S/C24H26N2O4/c1-16(23(28)25-21-12-5-8-17-7-2-3-11-20(17)21)30-24(29)18-9-4-10-19(15-18)26-14-6-13-22(26)27/h2-4,7,9-11,15-16,21H,5-6,8,12-14H2,1H3,(H,25,28)/t16-,21+/m1/s1. The number of amides is 2. The van der Waals surface area contributed by atoms with E-state index >= 15 is 0 Å². The van der Waals surface area contributed by atoms with Crippen molar-refractivity contribution < 1.29 is 19.1 Å². The zero-order valence-electron chi connectivity index (χ0n) is 17.1. The van der Waals surface area contributed by atoms with Gasteiger partial charge in [0.15, 0.2) is 6.10 Å². The summed E-state index contributed by atoms with van der Waals surface area (Å²) in [5, 5.41) is 3.02. The Morgan fingerprint density at radius 2 is 1.93 bits per heavy atom. The molecule has 0 spiro atoms. The van der Waals surface area contributed by atoms with Crippen molar-refractivity contribution in [1.29, 1.82) is 0 Å². The molecule has 2 aliphatic rings. The molecule has 0 bridgehead atoms. The first-order valence-corrected chi connectivity index (χ1v) is 10.5. The van der Waals surface area contributed by atoms with Gasteiger partial charge < -0.3 is 15.0 Å². The number of hydrogen-bond acceptors (Lipinski definition) is 4. The number of rotatable bonds is 5. The lowest BCUT2D eigenvalue weighted by Crippen LogP contribution is -2.39. The number of aryl methyl sites for hydroxylation is 1. The number of carbonyl (C=O) groups is 3. The lowest BCUT2D eigenvalue weighted by Gasteiger charge is -2.27. The van der Waals surface area contributed by atoms with Gasteiger partial charge in [0.05, 0.1) is 11.6 Å². The van der Waals surface area contributed by atoms with Crippen LogP contribution >= 0.6 is 0 Å². The summed E-state index contributed by atoms with van der Waals surface area (Å²) in [6.45, 7) is 2.23. The highest BCUT2D eigenvalue weighted by molar-refractivity contribution is 5.98. The molecule has 6 nitrogen and oxygen atoms in total. The maximum atomic E-state index is 12.7. The molecule has 6 heteroatoms. The van der Waals surface area contributed by atoms with Crippen LogP contribution in [0.2, 0.25) is 0 Å². The Bertz CT molecular complexity index is 971. The maximum absolute atomic E-state index is 12.7. The Labute approximate surface area is 176 Å². The zero-order chi connectivity index (χ0) is 21.1. The normalized spacial score (nSPS) is 19.2. The third-order valence-electron chi connectivity index (χ3n) is 5.81. The van der Waals surface area contributed by atoms with Gasteiger partial charge in [-0.3, -0.25) is 9.59 Å². The number of anilines is 1. The molecule has 0 radical (unpaired) electrons. The molecule has 1 aliphatic heterocycles. The number of benzene rings is 2. The van der Waals surface area contributed by atoms with Crippen molar-refractivity contribution in [2.45, 2.75) is 51.2 Å². The fraction of sp³-hybridized carbons (Fsp3) is 0.375. The smallest absolute Gasteiger partial charge is 0.338 e. The monoisotopic (exact) mass is 406 g/mol. The average Bonchev–Trinajstić information content (AvgIpc) is 3.20. The number of fused-ring (bicyclic) bond motifs is 1. The first-order chi connectivity index (χ1) is 14.5. The summed E-state index contributed by atoms with van der Waals surface area (Å²) >= 11 is 0. The Balaban J connectivity index is 1.39. The topological polar surface area (TPSA) is 75.7 Å². The van der Waals surface area contributed by atoms with E-state index in [0.29, 0.717) is 24.2 Å². The first-order valence-electron chi connectivity index (χ1n) is 10.5. The predicted molar refractivity (Wildman–Crippen MR) is 113 cm³/mol. The Morgan fingerprint density at radius 1 is 1.10 bits per heavy atom. The van der Waals surface area contributed by atoms with E-state index in [-0.39, 0.29) is 17.9 Å². The van der Waals surface area contributed by atoms with E-state index in [1.54, 1.807) is 36.1 Å². The molecular formula is C24H26N2O4. The molecule has 2 amide bonds. The van der Waals surface area contributed by atoms with E-state index in [4.69, 9.17) is 4.74 Å². The molecule has 2 aromatic rings. The van der Waals surface area contributed by atoms with Gasteiger partial charge >= 0.3 is 5.97 Å². The average molecular weight is 406 g/mol. The fourth-order valence-electron chi connectivity index (χ4n) is 4.20. The molecule has 1 aliphatic carbocycles. The van der Waals surface area contributed by atoms with Crippen LogP contribution in [0.1, 0.15) is 60.1 Å². The molecule has 0 aromatic heterocycles. The van der Waals surface area contributed by atoms with Crippen molar-refractivity contribution in [3.8, 4) is 0 Å². The molecule has 0 saturated carbocycles. The fourth-order valence-corrected chi connectivity index (χ4v) is 4.20. The molecule has 1 N–H and O–H groups in total. The van der Waals surface area contributed by atoms with Gasteiger partial charge in [-0.2, -0.15) is 0 Å². The van der Waals surface area contributed by atoms with Crippen molar-refractivity contribution in [3.63, 3.8) is 0 Å². The lowest BCUT2D eigenvalue weighted by molar-refractivity contribution is -0.130. The van der Waals surface area contributed by atoms with Gasteiger partial charge in [-0.05, 0) is 61.9 Å². The van der Waals surface area contributed by atoms with Crippen molar-refractivity contribution >= 4 is 23.5 Å². The van der Waals surface area contributed by atoms with Crippen LogP contribution in [0.5, 0.6) is 0 Å². The minimum Gasteiger partial charge on any atom is -0.449 e. The summed E-state index contributed by atoms with van der Waals surface area (Å²) in [6.07, 6.45) is 3.32. The second kappa shape index (κ2) is 8.69. The van der Waals surface area contributed by atoms with Crippen LogP contribution in [0.4, 0.5) is 5.69 Å². The second-order valence-corrected chi connectivity index (χ2v) is 7.90. The molecule has 0 unspecified atom stereocenters. The predicted octanol–water partition coefficient (Wildman–Crippen LogP) is 3.55. The van der Waals surface area contributed by atoms with E-state index in [2.05, 4.69) is 11.4 Å². The Hall–Kier alpha value is -3.15. The van der Waals surface area contributed by atoms with Crippen molar-refractivity contribution in [2.75, 3.05) is 11.4 Å². The summed E-state index contributed by atoms with van der Waals surface area (Å²) in [7, 11) is 0. The number of nitrogens with one attached hydrogen (secondary N) is 1. The number of nitrogens with zero attached hydrogens (tertiary/aromatic N) is 1. The van der Waals surface area contributed by atoms with Crippen molar-refractivity contribution in [1.82, 2.24) is 5.32 Å². The van der Waals surface area contributed by atoms with E-state index in [1.165, 1.54) is 5.56 Å². The van der Waals surface area contributed by atoms with Gasteiger partial charge in [-0.15, -0.1) is 0 Å². The van der Waals surface area contributed by atoms with Crippen LogP contribution < -0.4 is 10.2 Å². The molecule has 156 valence electrons. The Kier molecular flexibility index (Phi) is 5.84. The zero-order valence-corrected chi connectivity index (χ0v) is 17.1. The van der Waals surface area contributed by atoms with Crippen LogP contribution in [-0.4, -0.2) is 30.4 Å². The summed E-state index contributed by atoms with van der Waals surface area (Å²) in [5.41, 5.74) is 3.41. The highest BCUT2D eigenvalue weighted by Crippen LogP contribution is 2.29. The van der Waals surface area contributed by atoms with Crippen LogP contribution in [0.15, 0.2) is 48.5 Å². The van der Waals surface area contributed by atoms with Crippen LogP contribution in [0, 0.1) is 0 Å². The maximum Gasteiger partial charge on any atom is 0.338 e. The summed E-state index contributed by atoms with van der Waals surface area (Å²) < 4.78 is 5.42. The van der Waals surface area contributed by atoms with E-state index in [9.17, 15) is 14.4 Å². The number of ether oxygens (including phenoxy) is 1. The minimum atomic E-state index is -0.913. The third-order valence-corrected chi connectivity index (χ3v) is 5.81. The third kappa shape index (κ3) is 4.22. The quantitative estimate of drug-likeness (QED) is 0.771. The van der Waals surface area contributed by atoms with E-state index < -0.39 is 12.1 Å². The van der Waals surface area contributed by atoms with Crippen LogP contribution in [0.3, 0.4) is 0 Å². The number of esters is 1. The van der Waals surface area contributed by atoms with Crippen LogP contribution in [0.25, 0.3) is 0 Å². The van der Waals surface area contributed by atoms with Gasteiger partial charge in [-0.1, -0.05) is 30.3 Å². The van der Waals surface area contributed by atoms with Gasteiger partial charge in [0.2, 0.25) is 5.91 Å². The second-order valence-electron chi connectivity index (χ2n) is 7.90. The van der Waals surface area contributed by atoms with Gasteiger partial charge in [0, 0.05) is 18.7 Å². The molecule has 1 saturated heterocycles. The van der Waals surface area contributed by atoms with E-state index in [1.807, 2.05) is 18.2 Å². The van der Waals surface area contributed by atoms with Crippen LogP contribution in [-0.2, 0) is 20.7 Å². The van der Waals surface area contributed by atoms with Gasteiger partial charge in [0.1, 0.15) is 0 Å².